The van der Waals surface area contributed by atoms with E-state index in [1.807, 2.05) is 66.7 Å². The van der Waals surface area contributed by atoms with Crippen LogP contribution in [0.15, 0.2) is 72.4 Å². The van der Waals surface area contributed by atoms with Crippen molar-refractivity contribution in [1.29, 1.82) is 5.26 Å². The molecule has 0 aliphatic rings. The molecule has 0 heterocycles. The molecule has 0 atom stereocenters. The Labute approximate surface area is 153 Å². The molecule has 0 saturated carbocycles. The Hall–Kier alpha value is -2.77. The molecule has 0 fully saturated rings. The molecule has 0 bridgehead atoms. The summed E-state index contributed by atoms with van der Waals surface area (Å²) in [7, 11) is 0. The lowest BCUT2D eigenvalue weighted by molar-refractivity contribution is -0.117. The molecule has 5 heteroatoms. The number of hydrogen-bond acceptors (Lipinski definition) is 3. The third-order valence-corrected chi connectivity index (χ3v) is 3.87. The van der Waals surface area contributed by atoms with Gasteiger partial charge in [-0.15, -0.1) is 11.6 Å². The summed E-state index contributed by atoms with van der Waals surface area (Å²) in [6, 6.07) is 21.0. The van der Waals surface area contributed by atoms with Gasteiger partial charge < -0.3 is 10.6 Å². The number of alkyl halides is 1. The molecule has 128 valence electrons. The Balaban J connectivity index is 2.19. The first-order chi connectivity index (χ1) is 12.3. The predicted molar refractivity (Wildman–Crippen MR) is 99.9 cm³/mol. The van der Waals surface area contributed by atoms with Gasteiger partial charge in [0.2, 0.25) is 0 Å². The maximum atomic E-state index is 12.5. The van der Waals surface area contributed by atoms with Crippen molar-refractivity contribution in [2.75, 3.05) is 12.4 Å². The van der Waals surface area contributed by atoms with Crippen LogP contribution < -0.4 is 10.6 Å². The van der Waals surface area contributed by atoms with E-state index in [1.54, 1.807) is 0 Å². The van der Waals surface area contributed by atoms with Gasteiger partial charge in [-0.2, -0.15) is 5.26 Å². The van der Waals surface area contributed by atoms with Gasteiger partial charge in [0.05, 0.1) is 6.04 Å². The van der Waals surface area contributed by atoms with Crippen molar-refractivity contribution in [1.82, 2.24) is 10.6 Å². The SMILES string of the molecule is N#C/C(=C/NCCCCl)C(=O)NC(c1ccccc1)c1ccccc1. The third-order valence-electron chi connectivity index (χ3n) is 3.61. The molecular weight excluding hydrogens is 334 g/mol. The maximum absolute atomic E-state index is 12.5. The molecule has 2 aromatic rings. The zero-order chi connectivity index (χ0) is 17.9. The van der Waals surface area contributed by atoms with Crippen molar-refractivity contribution in [3.05, 3.63) is 83.6 Å². The zero-order valence-electron chi connectivity index (χ0n) is 13.8. The molecule has 0 aliphatic heterocycles. The number of carbonyl (C=O) groups is 1. The highest BCUT2D eigenvalue weighted by Crippen LogP contribution is 2.22. The van der Waals surface area contributed by atoms with Crippen molar-refractivity contribution in [2.24, 2.45) is 0 Å². The van der Waals surface area contributed by atoms with E-state index in [2.05, 4.69) is 10.6 Å². The van der Waals surface area contributed by atoms with Crippen LogP contribution in [0.3, 0.4) is 0 Å². The Morgan fingerprint density at radius 1 is 1.08 bits per heavy atom. The van der Waals surface area contributed by atoms with Crippen LogP contribution in [-0.2, 0) is 4.79 Å². The summed E-state index contributed by atoms with van der Waals surface area (Å²) >= 11 is 5.61. The van der Waals surface area contributed by atoms with E-state index in [0.29, 0.717) is 12.4 Å². The molecule has 0 saturated heterocycles. The standard InChI is InChI=1S/C20H20ClN3O/c21-12-7-13-23-15-18(14-22)20(25)24-19(16-8-3-1-4-9-16)17-10-5-2-6-11-17/h1-6,8-11,15,19,23H,7,12-13H2,(H,24,25)/b18-15-. The molecule has 0 aromatic heterocycles. The lowest BCUT2D eigenvalue weighted by atomic mass is 9.98. The third kappa shape index (κ3) is 5.66. The van der Waals surface area contributed by atoms with Crippen molar-refractivity contribution < 1.29 is 4.79 Å². The minimum atomic E-state index is -0.418. The van der Waals surface area contributed by atoms with Crippen LogP contribution in [0.5, 0.6) is 0 Å². The molecule has 25 heavy (non-hydrogen) atoms. The second kappa shape index (κ2) is 10.2. The summed E-state index contributed by atoms with van der Waals surface area (Å²) in [5.41, 5.74) is 1.94. The van der Waals surface area contributed by atoms with Gasteiger partial charge in [0.15, 0.2) is 0 Å². The number of carbonyl (C=O) groups excluding carboxylic acids is 1. The normalized spacial score (nSPS) is 11.0. The van der Waals surface area contributed by atoms with E-state index < -0.39 is 5.91 Å². The number of rotatable bonds is 8. The van der Waals surface area contributed by atoms with Crippen molar-refractivity contribution >= 4 is 17.5 Å². The lowest BCUT2D eigenvalue weighted by Gasteiger charge is -2.19. The van der Waals surface area contributed by atoms with Crippen molar-refractivity contribution in [3.63, 3.8) is 0 Å². The second-order valence-corrected chi connectivity index (χ2v) is 5.77. The molecule has 2 aromatic carbocycles. The summed E-state index contributed by atoms with van der Waals surface area (Å²) < 4.78 is 0. The van der Waals surface area contributed by atoms with Crippen LogP contribution in [0, 0.1) is 11.3 Å². The molecule has 2 N–H and O–H groups in total. The van der Waals surface area contributed by atoms with Gasteiger partial charge in [0.1, 0.15) is 11.6 Å². The molecule has 1 amide bonds. The number of nitrogens with zero attached hydrogens (tertiary/aromatic N) is 1. The highest BCUT2D eigenvalue weighted by molar-refractivity contribution is 6.17. The van der Waals surface area contributed by atoms with Gasteiger partial charge in [-0.3, -0.25) is 4.79 Å². The Kier molecular flexibility index (Phi) is 7.55. The van der Waals surface area contributed by atoms with E-state index in [0.717, 1.165) is 17.5 Å². The summed E-state index contributed by atoms with van der Waals surface area (Å²) in [6.45, 7) is 0.614. The molecule has 0 unspecified atom stereocenters. The van der Waals surface area contributed by atoms with Crippen molar-refractivity contribution in [2.45, 2.75) is 12.5 Å². The second-order valence-electron chi connectivity index (χ2n) is 5.39. The van der Waals surface area contributed by atoms with Crippen molar-refractivity contribution in [3.8, 4) is 6.07 Å². The summed E-state index contributed by atoms with van der Waals surface area (Å²) in [6.07, 6.45) is 2.20. The van der Waals surface area contributed by atoms with Crippen LogP contribution in [0.1, 0.15) is 23.6 Å². The van der Waals surface area contributed by atoms with E-state index in [9.17, 15) is 10.1 Å². The first-order valence-electron chi connectivity index (χ1n) is 8.06. The van der Waals surface area contributed by atoms with Crippen LogP contribution in [0.2, 0.25) is 0 Å². The average molecular weight is 354 g/mol. The minimum Gasteiger partial charge on any atom is -0.390 e. The van der Waals surface area contributed by atoms with Gasteiger partial charge >= 0.3 is 0 Å². The first-order valence-corrected chi connectivity index (χ1v) is 8.60. The average Bonchev–Trinajstić information content (AvgIpc) is 2.67. The number of benzene rings is 2. The number of hydrogen-bond donors (Lipinski definition) is 2. The number of halogens is 1. The number of nitriles is 1. The summed E-state index contributed by atoms with van der Waals surface area (Å²) in [4.78, 5) is 12.5. The highest BCUT2D eigenvalue weighted by Gasteiger charge is 2.18. The molecular formula is C20H20ClN3O. The smallest absolute Gasteiger partial charge is 0.264 e. The number of nitrogens with one attached hydrogen (secondary N) is 2. The fraction of sp³-hybridized carbons (Fsp3) is 0.200. The Bertz CT molecular complexity index is 699. The Morgan fingerprint density at radius 2 is 1.64 bits per heavy atom. The van der Waals surface area contributed by atoms with Crippen LogP contribution in [0.25, 0.3) is 0 Å². The fourth-order valence-electron chi connectivity index (χ4n) is 2.35. The molecule has 0 aliphatic carbocycles. The maximum Gasteiger partial charge on any atom is 0.264 e. The molecule has 2 rings (SSSR count). The lowest BCUT2D eigenvalue weighted by Crippen LogP contribution is -2.31. The van der Waals surface area contributed by atoms with Crippen LogP contribution in [0.4, 0.5) is 0 Å². The minimum absolute atomic E-state index is 0.0337. The van der Waals surface area contributed by atoms with E-state index in [4.69, 9.17) is 11.6 Å². The van der Waals surface area contributed by atoms with Gasteiger partial charge in [-0.05, 0) is 17.5 Å². The quantitative estimate of drug-likeness (QED) is 0.330. The monoisotopic (exact) mass is 353 g/mol. The topological polar surface area (TPSA) is 64.9 Å². The van der Waals surface area contributed by atoms with Gasteiger partial charge in [0, 0.05) is 18.6 Å². The fourth-order valence-corrected chi connectivity index (χ4v) is 2.48. The summed E-state index contributed by atoms with van der Waals surface area (Å²) in [5.74, 6) is 0.109. The summed E-state index contributed by atoms with van der Waals surface area (Å²) in [5, 5.41) is 15.1. The van der Waals surface area contributed by atoms with E-state index in [1.165, 1.54) is 6.20 Å². The number of amides is 1. The molecule has 0 radical (unpaired) electrons. The van der Waals surface area contributed by atoms with E-state index >= 15 is 0 Å². The van der Waals surface area contributed by atoms with Gasteiger partial charge in [-0.25, -0.2) is 0 Å². The van der Waals surface area contributed by atoms with Gasteiger partial charge in [0.25, 0.3) is 5.91 Å². The van der Waals surface area contributed by atoms with Crippen LogP contribution in [-0.4, -0.2) is 18.3 Å². The van der Waals surface area contributed by atoms with Gasteiger partial charge in [-0.1, -0.05) is 60.7 Å². The molecule has 4 nitrogen and oxygen atoms in total. The van der Waals surface area contributed by atoms with Crippen LogP contribution >= 0.6 is 11.6 Å². The zero-order valence-corrected chi connectivity index (χ0v) is 14.5. The van der Waals surface area contributed by atoms with E-state index in [-0.39, 0.29) is 11.6 Å². The molecule has 0 spiro atoms. The largest absolute Gasteiger partial charge is 0.390 e. The predicted octanol–water partition coefficient (Wildman–Crippen LogP) is 3.52. The first kappa shape index (κ1) is 18.6. The highest BCUT2D eigenvalue weighted by atomic mass is 35.5. The Morgan fingerprint density at radius 3 is 2.12 bits per heavy atom.